The number of anilines is 1. The number of phenols is 3. The Labute approximate surface area is 122 Å². The molecule has 8 nitrogen and oxygen atoms in total. The van der Waals surface area contributed by atoms with E-state index >= 15 is 0 Å². The van der Waals surface area contributed by atoms with Gasteiger partial charge in [0, 0.05) is 11.8 Å². The Morgan fingerprint density at radius 3 is 2.27 bits per heavy atom. The molecule has 0 aliphatic carbocycles. The van der Waals surface area contributed by atoms with E-state index < -0.39 is 45.1 Å². The zero-order valence-electron chi connectivity index (χ0n) is 10.8. The van der Waals surface area contributed by atoms with E-state index in [0.29, 0.717) is 6.07 Å². The Bertz CT molecular complexity index is 760. The summed E-state index contributed by atoms with van der Waals surface area (Å²) in [5.41, 5.74) is -1.75. The molecule has 4 N–H and O–H groups in total. The lowest BCUT2D eigenvalue weighted by Gasteiger charge is -2.09. The summed E-state index contributed by atoms with van der Waals surface area (Å²) in [5.74, 6) is -4.62. The van der Waals surface area contributed by atoms with Crippen LogP contribution in [-0.4, -0.2) is 26.2 Å². The van der Waals surface area contributed by atoms with E-state index in [2.05, 4.69) is 5.32 Å². The number of phenolic OH excluding ortho intramolecular Hbond substituents is 3. The molecule has 2 aromatic carbocycles. The number of benzene rings is 2. The quantitative estimate of drug-likeness (QED) is 0.507. The number of rotatable bonds is 3. The third-order valence-electron chi connectivity index (χ3n) is 2.75. The molecule has 0 unspecified atom stereocenters. The number of aromatic hydroxyl groups is 3. The highest BCUT2D eigenvalue weighted by molar-refractivity contribution is 6.09. The number of nitrogens with zero attached hydrogens (tertiary/aromatic N) is 1. The topological polar surface area (TPSA) is 133 Å². The second-order valence-electron chi connectivity index (χ2n) is 4.21. The van der Waals surface area contributed by atoms with Gasteiger partial charge in [-0.2, -0.15) is 0 Å². The van der Waals surface area contributed by atoms with Gasteiger partial charge < -0.3 is 20.6 Å². The molecule has 0 aliphatic heterocycles. The minimum Gasteiger partial charge on any atom is -0.507 e. The van der Waals surface area contributed by atoms with Crippen molar-refractivity contribution in [3.63, 3.8) is 0 Å². The molecule has 0 saturated heterocycles. The first-order chi connectivity index (χ1) is 10.3. The number of nitrogens with one attached hydrogen (secondary N) is 1. The van der Waals surface area contributed by atoms with Crippen molar-refractivity contribution in [2.75, 3.05) is 5.32 Å². The van der Waals surface area contributed by atoms with Crippen LogP contribution in [0.2, 0.25) is 0 Å². The summed E-state index contributed by atoms with van der Waals surface area (Å²) in [6.07, 6.45) is 0. The maximum atomic E-state index is 12.8. The highest BCUT2D eigenvalue weighted by Gasteiger charge is 2.29. The van der Waals surface area contributed by atoms with Crippen LogP contribution in [-0.2, 0) is 0 Å². The molecule has 0 aromatic heterocycles. The van der Waals surface area contributed by atoms with Crippen molar-refractivity contribution in [3.8, 4) is 17.2 Å². The number of nitro groups is 1. The van der Waals surface area contributed by atoms with Gasteiger partial charge in [-0.15, -0.1) is 0 Å². The Morgan fingerprint density at radius 2 is 1.73 bits per heavy atom. The predicted octanol–water partition coefficient (Wildman–Crippen LogP) is 2.10. The molecule has 0 atom stereocenters. The van der Waals surface area contributed by atoms with Gasteiger partial charge in [-0.3, -0.25) is 14.9 Å². The lowest BCUT2D eigenvalue weighted by molar-refractivity contribution is -0.386. The zero-order valence-corrected chi connectivity index (χ0v) is 10.8. The van der Waals surface area contributed by atoms with Gasteiger partial charge >= 0.3 is 5.69 Å². The van der Waals surface area contributed by atoms with E-state index in [1.165, 1.54) is 12.1 Å². The maximum absolute atomic E-state index is 12.8. The highest BCUT2D eigenvalue weighted by Crippen LogP contribution is 2.43. The molecule has 0 bridgehead atoms. The van der Waals surface area contributed by atoms with Gasteiger partial charge in [0.05, 0.1) is 4.92 Å². The lowest BCUT2D eigenvalue weighted by Crippen LogP contribution is -2.13. The Morgan fingerprint density at radius 1 is 1.14 bits per heavy atom. The third kappa shape index (κ3) is 2.73. The third-order valence-corrected chi connectivity index (χ3v) is 2.75. The number of nitro benzene ring substituents is 1. The maximum Gasteiger partial charge on any atom is 0.353 e. The Kier molecular flexibility index (Phi) is 3.80. The molecule has 0 radical (unpaired) electrons. The number of hydrogen-bond acceptors (Lipinski definition) is 6. The van der Waals surface area contributed by atoms with Crippen molar-refractivity contribution in [1.29, 1.82) is 0 Å². The van der Waals surface area contributed by atoms with Gasteiger partial charge in [0.15, 0.2) is 0 Å². The fourth-order valence-electron chi connectivity index (χ4n) is 1.76. The molecule has 0 aliphatic rings. The molecule has 9 heteroatoms. The van der Waals surface area contributed by atoms with E-state index in [1.54, 1.807) is 0 Å². The summed E-state index contributed by atoms with van der Waals surface area (Å²) in [4.78, 5) is 21.7. The molecule has 2 rings (SSSR count). The van der Waals surface area contributed by atoms with Gasteiger partial charge in [-0.1, -0.05) is 0 Å². The summed E-state index contributed by atoms with van der Waals surface area (Å²) in [6, 6.07) is 5.13. The first-order valence-corrected chi connectivity index (χ1v) is 5.80. The molecule has 114 valence electrons. The molecule has 0 heterocycles. The standard InChI is InChI=1S/C13H9FN2O6/c14-6-1-3-7(4-2-6)15-13(20)10-8(17)5-9(18)11(12(10)19)16(21)22/h1-5,17-19H,(H,15,20). The SMILES string of the molecule is O=C(Nc1ccc(F)cc1)c1c(O)cc(O)c([N+](=O)[O-])c1O. The molecule has 1 amide bonds. The van der Waals surface area contributed by atoms with E-state index in [4.69, 9.17) is 0 Å². The lowest BCUT2D eigenvalue weighted by atomic mass is 10.1. The van der Waals surface area contributed by atoms with E-state index in [0.717, 1.165) is 12.1 Å². The van der Waals surface area contributed by atoms with Gasteiger partial charge in [0.2, 0.25) is 11.5 Å². The Balaban J connectivity index is 2.43. The van der Waals surface area contributed by atoms with E-state index in [9.17, 15) is 34.6 Å². The molecule has 22 heavy (non-hydrogen) atoms. The number of carbonyl (C=O) groups is 1. The largest absolute Gasteiger partial charge is 0.507 e. The average molecular weight is 308 g/mol. The van der Waals surface area contributed by atoms with Crippen molar-refractivity contribution >= 4 is 17.3 Å². The van der Waals surface area contributed by atoms with E-state index in [1.807, 2.05) is 0 Å². The number of hydrogen-bond donors (Lipinski definition) is 4. The molecule has 0 spiro atoms. The molecular weight excluding hydrogens is 299 g/mol. The minimum absolute atomic E-state index is 0.140. The van der Waals surface area contributed by atoms with Crippen LogP contribution >= 0.6 is 0 Å². The number of halogens is 1. The summed E-state index contributed by atoms with van der Waals surface area (Å²) < 4.78 is 12.8. The van der Waals surface area contributed by atoms with Gasteiger partial charge in [0.25, 0.3) is 5.91 Å². The van der Waals surface area contributed by atoms with Crippen LogP contribution in [0.1, 0.15) is 10.4 Å². The second-order valence-corrected chi connectivity index (χ2v) is 4.21. The van der Waals surface area contributed by atoms with Crippen molar-refractivity contribution in [3.05, 3.63) is 51.8 Å². The first kappa shape index (κ1) is 15.0. The normalized spacial score (nSPS) is 10.2. The van der Waals surface area contributed by atoms with Crippen LogP contribution in [0.3, 0.4) is 0 Å². The fraction of sp³-hybridized carbons (Fsp3) is 0. The van der Waals surface area contributed by atoms with Crippen molar-refractivity contribution in [1.82, 2.24) is 0 Å². The van der Waals surface area contributed by atoms with Crippen LogP contribution < -0.4 is 5.32 Å². The van der Waals surface area contributed by atoms with Crippen LogP contribution in [0, 0.1) is 15.9 Å². The minimum atomic E-state index is -1.18. The van der Waals surface area contributed by atoms with Gasteiger partial charge in [0.1, 0.15) is 17.1 Å². The van der Waals surface area contributed by atoms with Crippen LogP contribution in [0.25, 0.3) is 0 Å². The van der Waals surface area contributed by atoms with Gasteiger partial charge in [-0.25, -0.2) is 4.39 Å². The summed E-state index contributed by atoms with van der Waals surface area (Å²) >= 11 is 0. The molecule has 2 aromatic rings. The number of amides is 1. The van der Waals surface area contributed by atoms with Crippen LogP contribution in [0.4, 0.5) is 15.8 Å². The monoisotopic (exact) mass is 308 g/mol. The highest BCUT2D eigenvalue weighted by atomic mass is 19.1. The summed E-state index contributed by atoms with van der Waals surface area (Å²) in [6.45, 7) is 0. The summed E-state index contributed by atoms with van der Waals surface area (Å²) in [7, 11) is 0. The fourth-order valence-corrected chi connectivity index (χ4v) is 1.76. The van der Waals surface area contributed by atoms with Crippen LogP contribution in [0.15, 0.2) is 30.3 Å². The zero-order chi connectivity index (χ0) is 16.4. The molecular formula is C13H9FN2O6. The van der Waals surface area contributed by atoms with Crippen molar-refractivity contribution in [2.45, 2.75) is 0 Å². The van der Waals surface area contributed by atoms with Crippen molar-refractivity contribution < 1.29 is 29.4 Å². The average Bonchev–Trinajstić information content (AvgIpc) is 2.40. The summed E-state index contributed by atoms with van der Waals surface area (Å²) in [5, 5.41) is 41.7. The smallest absolute Gasteiger partial charge is 0.353 e. The van der Waals surface area contributed by atoms with Gasteiger partial charge in [-0.05, 0) is 24.3 Å². The Hall–Kier alpha value is -3.36. The van der Waals surface area contributed by atoms with Crippen LogP contribution in [0.5, 0.6) is 17.2 Å². The predicted molar refractivity (Wildman–Crippen MR) is 72.4 cm³/mol. The molecule has 0 saturated carbocycles. The molecule has 0 fully saturated rings. The first-order valence-electron chi connectivity index (χ1n) is 5.80. The van der Waals surface area contributed by atoms with E-state index in [-0.39, 0.29) is 5.69 Å². The number of carbonyl (C=O) groups excluding carboxylic acids is 1. The van der Waals surface area contributed by atoms with Crippen molar-refractivity contribution in [2.24, 2.45) is 0 Å². The second kappa shape index (κ2) is 5.56.